The Morgan fingerprint density at radius 1 is 1.30 bits per heavy atom. The Morgan fingerprint density at radius 3 is 2.95 bits per heavy atom. The van der Waals surface area contributed by atoms with Crippen LogP contribution in [0.3, 0.4) is 0 Å². The number of aliphatic hydroxyl groups excluding tert-OH is 1. The summed E-state index contributed by atoms with van der Waals surface area (Å²) in [5, 5.41) is 13.4. The lowest BCUT2D eigenvalue weighted by Crippen LogP contribution is -2.22. The third-order valence-electron chi connectivity index (χ3n) is 3.20. The number of rotatable bonds is 3. The van der Waals surface area contributed by atoms with Gasteiger partial charge in [0.1, 0.15) is 0 Å². The molecule has 5 heteroatoms. The highest BCUT2D eigenvalue weighted by atomic mass is 35.5. The van der Waals surface area contributed by atoms with E-state index in [1.165, 1.54) is 15.9 Å². The van der Waals surface area contributed by atoms with E-state index in [0.717, 1.165) is 4.70 Å². The maximum atomic E-state index is 12.3. The van der Waals surface area contributed by atoms with Crippen LogP contribution in [0.4, 0.5) is 0 Å². The van der Waals surface area contributed by atoms with Gasteiger partial charge < -0.3 is 9.67 Å². The number of aromatic nitrogens is 1. The fourth-order valence-corrected chi connectivity index (χ4v) is 3.13. The van der Waals surface area contributed by atoms with Crippen LogP contribution < -0.4 is 5.56 Å². The fraction of sp³-hybridized carbons (Fsp3) is 0.133. The molecule has 0 saturated heterocycles. The van der Waals surface area contributed by atoms with E-state index in [1.54, 1.807) is 30.5 Å². The van der Waals surface area contributed by atoms with Gasteiger partial charge in [-0.25, -0.2) is 0 Å². The molecule has 0 aliphatic heterocycles. The Labute approximate surface area is 124 Å². The Morgan fingerprint density at radius 2 is 2.15 bits per heavy atom. The Kier molecular flexibility index (Phi) is 3.61. The molecule has 0 amide bonds. The number of pyridine rings is 1. The third-order valence-corrected chi connectivity index (χ3v) is 4.31. The molecule has 0 aliphatic rings. The number of aliphatic hydroxyl groups is 1. The van der Waals surface area contributed by atoms with Crippen LogP contribution in [0.5, 0.6) is 0 Å². The van der Waals surface area contributed by atoms with Crippen LogP contribution in [0.25, 0.3) is 10.1 Å². The first-order valence-corrected chi connectivity index (χ1v) is 7.41. The zero-order chi connectivity index (χ0) is 14.1. The highest BCUT2D eigenvalue weighted by Gasteiger charge is 2.11. The molecule has 3 nitrogen and oxygen atoms in total. The summed E-state index contributed by atoms with van der Waals surface area (Å²) in [6.45, 7) is 0.213. The van der Waals surface area contributed by atoms with Gasteiger partial charge in [-0.3, -0.25) is 4.79 Å². The minimum atomic E-state index is -0.762. The molecule has 0 bridgehead atoms. The fourth-order valence-electron chi connectivity index (χ4n) is 2.16. The topological polar surface area (TPSA) is 42.2 Å². The first kappa shape index (κ1) is 13.4. The molecule has 1 aromatic carbocycles. The van der Waals surface area contributed by atoms with E-state index in [4.69, 9.17) is 11.6 Å². The molecule has 0 fully saturated rings. The van der Waals surface area contributed by atoms with Gasteiger partial charge in [0.15, 0.2) is 0 Å². The molecular weight excluding hydrogens is 294 g/mol. The minimum Gasteiger partial charge on any atom is -0.387 e. The van der Waals surface area contributed by atoms with Crippen molar-refractivity contribution >= 4 is 33.0 Å². The summed E-state index contributed by atoms with van der Waals surface area (Å²) in [5.41, 5.74) is 0.625. The average Bonchev–Trinajstić information content (AvgIpc) is 2.91. The number of nitrogens with zero attached hydrogens (tertiary/aromatic N) is 1. The summed E-state index contributed by atoms with van der Waals surface area (Å²) in [5.74, 6) is 0. The van der Waals surface area contributed by atoms with Crippen molar-refractivity contribution in [1.29, 1.82) is 0 Å². The van der Waals surface area contributed by atoms with Crippen LogP contribution in [0, 0.1) is 0 Å². The van der Waals surface area contributed by atoms with Crippen molar-refractivity contribution < 1.29 is 5.11 Å². The standard InChI is InChI=1S/C15H12ClNO2S/c16-11-3-1-2-10(8-11)13(18)9-17-6-4-14-12(15(17)19)5-7-20-14/h1-8,13,18H,9H2. The Hall–Kier alpha value is -1.62. The van der Waals surface area contributed by atoms with Gasteiger partial charge in [-0.2, -0.15) is 0 Å². The number of halogens is 1. The largest absolute Gasteiger partial charge is 0.387 e. The summed E-state index contributed by atoms with van der Waals surface area (Å²) in [6, 6.07) is 10.7. The van der Waals surface area contributed by atoms with Crippen LogP contribution >= 0.6 is 22.9 Å². The zero-order valence-electron chi connectivity index (χ0n) is 10.5. The number of thiophene rings is 1. The summed E-state index contributed by atoms with van der Waals surface area (Å²) >= 11 is 7.44. The molecule has 0 saturated carbocycles. The summed E-state index contributed by atoms with van der Waals surface area (Å²) in [7, 11) is 0. The Balaban J connectivity index is 1.93. The van der Waals surface area contributed by atoms with Gasteiger partial charge in [0.25, 0.3) is 5.56 Å². The lowest BCUT2D eigenvalue weighted by molar-refractivity contribution is 0.155. The van der Waals surface area contributed by atoms with Crippen molar-refractivity contribution in [1.82, 2.24) is 4.57 Å². The molecule has 3 rings (SSSR count). The van der Waals surface area contributed by atoms with Crippen LogP contribution in [0.1, 0.15) is 11.7 Å². The summed E-state index contributed by atoms with van der Waals surface area (Å²) in [4.78, 5) is 12.3. The molecular formula is C15H12ClNO2S. The van der Waals surface area contributed by atoms with E-state index >= 15 is 0 Å². The second-order valence-corrected chi connectivity index (χ2v) is 5.93. The lowest BCUT2D eigenvalue weighted by Gasteiger charge is -2.13. The summed E-state index contributed by atoms with van der Waals surface area (Å²) in [6.07, 6.45) is 0.956. The third kappa shape index (κ3) is 2.50. The maximum Gasteiger partial charge on any atom is 0.259 e. The number of hydrogen-bond donors (Lipinski definition) is 1. The first-order valence-electron chi connectivity index (χ1n) is 6.15. The van der Waals surface area contributed by atoms with E-state index in [2.05, 4.69) is 0 Å². The molecule has 0 aliphatic carbocycles. The molecule has 1 unspecified atom stereocenters. The van der Waals surface area contributed by atoms with Crippen LogP contribution in [-0.4, -0.2) is 9.67 Å². The van der Waals surface area contributed by atoms with Gasteiger partial charge in [0.05, 0.1) is 18.0 Å². The highest BCUT2D eigenvalue weighted by Crippen LogP contribution is 2.20. The first-order chi connectivity index (χ1) is 9.65. The van der Waals surface area contributed by atoms with Crippen molar-refractivity contribution in [2.75, 3.05) is 0 Å². The van der Waals surface area contributed by atoms with Gasteiger partial charge >= 0.3 is 0 Å². The van der Waals surface area contributed by atoms with Crippen molar-refractivity contribution in [3.63, 3.8) is 0 Å². The Bertz CT molecular complexity index is 809. The van der Waals surface area contributed by atoms with E-state index < -0.39 is 6.10 Å². The minimum absolute atomic E-state index is 0.0789. The van der Waals surface area contributed by atoms with Crippen molar-refractivity contribution in [2.24, 2.45) is 0 Å². The molecule has 2 aromatic heterocycles. The molecule has 102 valence electrons. The van der Waals surface area contributed by atoms with Crippen LogP contribution in [0.15, 0.2) is 52.8 Å². The van der Waals surface area contributed by atoms with Crippen LogP contribution in [-0.2, 0) is 6.54 Å². The molecule has 2 heterocycles. The molecule has 3 aromatic rings. The predicted molar refractivity (Wildman–Crippen MR) is 82.5 cm³/mol. The van der Waals surface area contributed by atoms with Crippen LogP contribution in [0.2, 0.25) is 5.02 Å². The van der Waals surface area contributed by atoms with E-state index in [0.29, 0.717) is 16.0 Å². The SMILES string of the molecule is O=c1c2ccsc2ccn1CC(O)c1cccc(Cl)c1. The normalized spacial score (nSPS) is 12.7. The highest BCUT2D eigenvalue weighted by molar-refractivity contribution is 7.17. The van der Waals surface area contributed by atoms with Gasteiger partial charge in [0.2, 0.25) is 0 Å². The predicted octanol–water partition coefficient (Wildman–Crippen LogP) is 3.45. The molecule has 1 N–H and O–H groups in total. The van der Waals surface area contributed by atoms with Gasteiger partial charge in [-0.1, -0.05) is 23.7 Å². The second kappa shape index (κ2) is 5.40. The number of benzene rings is 1. The van der Waals surface area contributed by atoms with E-state index in [1.807, 2.05) is 17.5 Å². The van der Waals surface area contributed by atoms with Crippen molar-refractivity contribution in [3.05, 3.63) is 68.9 Å². The quantitative estimate of drug-likeness (QED) is 0.805. The van der Waals surface area contributed by atoms with Crippen molar-refractivity contribution in [3.8, 4) is 0 Å². The van der Waals surface area contributed by atoms with Gasteiger partial charge in [0, 0.05) is 15.9 Å². The molecule has 1 atom stereocenters. The summed E-state index contributed by atoms with van der Waals surface area (Å²) < 4.78 is 2.49. The van der Waals surface area contributed by atoms with Gasteiger partial charge in [-0.05, 0) is 35.2 Å². The van der Waals surface area contributed by atoms with Crippen molar-refractivity contribution in [2.45, 2.75) is 12.6 Å². The number of hydrogen-bond acceptors (Lipinski definition) is 3. The smallest absolute Gasteiger partial charge is 0.259 e. The molecule has 0 radical (unpaired) electrons. The molecule has 0 spiro atoms. The zero-order valence-corrected chi connectivity index (χ0v) is 12.1. The van der Waals surface area contributed by atoms with E-state index in [9.17, 15) is 9.90 Å². The monoisotopic (exact) mass is 305 g/mol. The molecule has 20 heavy (non-hydrogen) atoms. The maximum absolute atomic E-state index is 12.3. The van der Waals surface area contributed by atoms with E-state index in [-0.39, 0.29) is 12.1 Å². The average molecular weight is 306 g/mol. The number of fused-ring (bicyclic) bond motifs is 1. The second-order valence-electron chi connectivity index (χ2n) is 4.54. The van der Waals surface area contributed by atoms with Gasteiger partial charge in [-0.15, -0.1) is 11.3 Å². The lowest BCUT2D eigenvalue weighted by atomic mass is 10.1.